The van der Waals surface area contributed by atoms with E-state index >= 15 is 0 Å². The van der Waals surface area contributed by atoms with Gasteiger partial charge in [-0.3, -0.25) is 4.79 Å². The van der Waals surface area contributed by atoms with Gasteiger partial charge in [-0.2, -0.15) is 0 Å². The summed E-state index contributed by atoms with van der Waals surface area (Å²) in [7, 11) is 0. The normalized spacial score (nSPS) is 15.2. The van der Waals surface area contributed by atoms with Crippen LogP contribution in [-0.4, -0.2) is 35.1 Å². The lowest BCUT2D eigenvalue weighted by molar-refractivity contribution is -0.135. The molecule has 0 spiro atoms. The molecule has 3 nitrogen and oxygen atoms in total. The Kier molecular flexibility index (Phi) is 4.78. The molecule has 0 bridgehead atoms. The summed E-state index contributed by atoms with van der Waals surface area (Å²) in [6.45, 7) is 0.498. The molecule has 2 rings (SSSR count). The number of carbonyl (C=O) groups is 1. The standard InChI is InChI=1S/C14H18BrNO2/c15-12-4-1-3-11(9-12)10-14(18)16(7-8-17)13-5-2-6-13/h1,3-4,9,13,17H,2,5-8,10H2. The van der Waals surface area contributed by atoms with E-state index in [9.17, 15) is 4.79 Å². The van der Waals surface area contributed by atoms with Gasteiger partial charge in [0, 0.05) is 17.1 Å². The molecule has 1 aromatic carbocycles. The number of carbonyl (C=O) groups excluding carboxylic acids is 1. The summed E-state index contributed by atoms with van der Waals surface area (Å²) in [5.74, 6) is 0.117. The van der Waals surface area contributed by atoms with Crippen LogP contribution in [0.1, 0.15) is 24.8 Å². The Morgan fingerprint density at radius 3 is 2.78 bits per heavy atom. The molecule has 1 fully saturated rings. The maximum atomic E-state index is 12.2. The first-order chi connectivity index (χ1) is 8.70. The highest BCUT2D eigenvalue weighted by Gasteiger charge is 2.28. The average molecular weight is 312 g/mol. The topological polar surface area (TPSA) is 40.5 Å². The molecule has 0 aliphatic heterocycles. The van der Waals surface area contributed by atoms with Crippen molar-refractivity contribution in [3.8, 4) is 0 Å². The van der Waals surface area contributed by atoms with Crippen LogP contribution in [0.2, 0.25) is 0 Å². The lowest BCUT2D eigenvalue weighted by Crippen LogP contribution is -2.46. The quantitative estimate of drug-likeness (QED) is 0.907. The molecular weight excluding hydrogens is 294 g/mol. The second-order valence-electron chi connectivity index (χ2n) is 4.70. The zero-order chi connectivity index (χ0) is 13.0. The van der Waals surface area contributed by atoms with Crippen molar-refractivity contribution in [3.05, 3.63) is 34.3 Å². The maximum absolute atomic E-state index is 12.2. The maximum Gasteiger partial charge on any atom is 0.227 e. The van der Waals surface area contributed by atoms with Gasteiger partial charge in [-0.1, -0.05) is 28.1 Å². The second-order valence-corrected chi connectivity index (χ2v) is 5.62. The fraction of sp³-hybridized carbons (Fsp3) is 0.500. The molecule has 0 atom stereocenters. The Morgan fingerprint density at radius 2 is 2.22 bits per heavy atom. The van der Waals surface area contributed by atoms with Crippen LogP contribution in [0.4, 0.5) is 0 Å². The van der Waals surface area contributed by atoms with Gasteiger partial charge in [-0.15, -0.1) is 0 Å². The molecule has 1 N–H and O–H groups in total. The van der Waals surface area contributed by atoms with Gasteiger partial charge >= 0.3 is 0 Å². The summed E-state index contributed by atoms with van der Waals surface area (Å²) in [6, 6.07) is 8.16. The third-order valence-corrected chi connectivity index (χ3v) is 3.91. The molecule has 1 aliphatic carbocycles. The van der Waals surface area contributed by atoms with Crippen LogP contribution in [-0.2, 0) is 11.2 Å². The zero-order valence-corrected chi connectivity index (χ0v) is 11.9. The van der Waals surface area contributed by atoms with Gasteiger partial charge in [0.15, 0.2) is 0 Å². The smallest absolute Gasteiger partial charge is 0.227 e. The minimum Gasteiger partial charge on any atom is -0.395 e. The highest BCUT2D eigenvalue weighted by Crippen LogP contribution is 2.25. The predicted molar refractivity (Wildman–Crippen MR) is 74.3 cm³/mol. The molecule has 1 amide bonds. The molecular formula is C14H18BrNO2. The van der Waals surface area contributed by atoms with Crippen molar-refractivity contribution < 1.29 is 9.90 Å². The number of benzene rings is 1. The molecule has 1 saturated carbocycles. The molecule has 18 heavy (non-hydrogen) atoms. The van der Waals surface area contributed by atoms with Crippen LogP contribution in [0, 0.1) is 0 Å². The van der Waals surface area contributed by atoms with Crippen molar-refractivity contribution in [2.75, 3.05) is 13.2 Å². The monoisotopic (exact) mass is 311 g/mol. The van der Waals surface area contributed by atoms with E-state index < -0.39 is 0 Å². The molecule has 1 aromatic rings. The number of amides is 1. The zero-order valence-electron chi connectivity index (χ0n) is 10.3. The fourth-order valence-electron chi connectivity index (χ4n) is 2.24. The number of halogens is 1. The lowest BCUT2D eigenvalue weighted by Gasteiger charge is -2.37. The van der Waals surface area contributed by atoms with Gasteiger partial charge in [0.2, 0.25) is 5.91 Å². The second kappa shape index (κ2) is 6.34. The summed E-state index contributed by atoms with van der Waals surface area (Å²) < 4.78 is 0.991. The van der Waals surface area contributed by atoms with Gasteiger partial charge in [0.1, 0.15) is 0 Å². The number of hydrogen-bond donors (Lipinski definition) is 1. The Hall–Kier alpha value is -0.870. The summed E-state index contributed by atoms with van der Waals surface area (Å²) >= 11 is 3.41. The van der Waals surface area contributed by atoms with E-state index in [1.165, 1.54) is 6.42 Å². The SMILES string of the molecule is O=C(Cc1cccc(Br)c1)N(CCO)C1CCC1. The van der Waals surface area contributed by atoms with Crippen molar-refractivity contribution >= 4 is 21.8 Å². The molecule has 0 saturated heterocycles. The molecule has 0 unspecified atom stereocenters. The van der Waals surface area contributed by atoms with E-state index in [2.05, 4.69) is 15.9 Å². The van der Waals surface area contributed by atoms with Crippen molar-refractivity contribution in [3.63, 3.8) is 0 Å². The third kappa shape index (κ3) is 3.33. The van der Waals surface area contributed by atoms with Crippen molar-refractivity contribution in [2.24, 2.45) is 0 Å². The Morgan fingerprint density at radius 1 is 1.44 bits per heavy atom. The summed E-state index contributed by atoms with van der Waals surface area (Å²) in [4.78, 5) is 14.1. The first-order valence-electron chi connectivity index (χ1n) is 6.35. The fourth-order valence-corrected chi connectivity index (χ4v) is 2.69. The van der Waals surface area contributed by atoms with E-state index in [4.69, 9.17) is 5.11 Å². The first-order valence-corrected chi connectivity index (χ1v) is 7.15. The van der Waals surface area contributed by atoms with Crippen LogP contribution in [0.3, 0.4) is 0 Å². The van der Waals surface area contributed by atoms with E-state index in [-0.39, 0.29) is 12.5 Å². The predicted octanol–water partition coefficient (Wildman–Crippen LogP) is 2.37. The highest BCUT2D eigenvalue weighted by atomic mass is 79.9. The van der Waals surface area contributed by atoms with Crippen LogP contribution in [0.15, 0.2) is 28.7 Å². The van der Waals surface area contributed by atoms with Crippen LogP contribution >= 0.6 is 15.9 Å². The van der Waals surface area contributed by atoms with Crippen molar-refractivity contribution in [1.82, 2.24) is 4.90 Å². The van der Waals surface area contributed by atoms with E-state index in [1.807, 2.05) is 29.2 Å². The van der Waals surface area contributed by atoms with Crippen molar-refractivity contribution in [1.29, 1.82) is 0 Å². The van der Waals surface area contributed by atoms with Crippen LogP contribution in [0.5, 0.6) is 0 Å². The molecule has 98 valence electrons. The summed E-state index contributed by atoms with van der Waals surface area (Å²) in [5, 5.41) is 9.06. The summed E-state index contributed by atoms with van der Waals surface area (Å²) in [5.41, 5.74) is 1.01. The third-order valence-electron chi connectivity index (χ3n) is 3.42. The Balaban J connectivity index is 2.00. The Bertz CT molecular complexity index is 418. The lowest BCUT2D eigenvalue weighted by atomic mass is 9.91. The Labute approximate surface area is 116 Å². The van der Waals surface area contributed by atoms with Gasteiger partial charge < -0.3 is 10.0 Å². The van der Waals surface area contributed by atoms with E-state index in [1.54, 1.807) is 0 Å². The van der Waals surface area contributed by atoms with E-state index in [0.717, 1.165) is 22.9 Å². The number of nitrogens with zero attached hydrogens (tertiary/aromatic N) is 1. The van der Waals surface area contributed by atoms with Gasteiger partial charge in [0.05, 0.1) is 13.0 Å². The number of rotatable bonds is 5. The minimum absolute atomic E-state index is 0.0424. The summed E-state index contributed by atoms with van der Waals surface area (Å²) in [6.07, 6.45) is 3.75. The number of hydrogen-bond acceptors (Lipinski definition) is 2. The van der Waals surface area contributed by atoms with Crippen LogP contribution < -0.4 is 0 Å². The van der Waals surface area contributed by atoms with Gasteiger partial charge in [-0.25, -0.2) is 0 Å². The number of aliphatic hydroxyl groups is 1. The van der Waals surface area contributed by atoms with E-state index in [0.29, 0.717) is 19.0 Å². The van der Waals surface area contributed by atoms with Gasteiger partial charge in [-0.05, 0) is 37.0 Å². The molecule has 1 aliphatic rings. The molecule has 4 heteroatoms. The largest absolute Gasteiger partial charge is 0.395 e. The van der Waals surface area contributed by atoms with Crippen molar-refractivity contribution in [2.45, 2.75) is 31.7 Å². The highest BCUT2D eigenvalue weighted by molar-refractivity contribution is 9.10. The molecule has 0 heterocycles. The molecule has 0 radical (unpaired) electrons. The van der Waals surface area contributed by atoms with Crippen LogP contribution in [0.25, 0.3) is 0 Å². The first kappa shape index (κ1) is 13.6. The molecule has 0 aromatic heterocycles. The number of aliphatic hydroxyl groups excluding tert-OH is 1. The van der Waals surface area contributed by atoms with Gasteiger partial charge in [0.25, 0.3) is 0 Å². The minimum atomic E-state index is 0.0424. The average Bonchev–Trinajstić information content (AvgIpc) is 2.26.